The molecule has 0 bridgehead atoms. The van der Waals surface area contributed by atoms with Gasteiger partial charge in [0, 0.05) is 17.6 Å². The third kappa shape index (κ3) is 4.07. The highest BCUT2D eigenvalue weighted by molar-refractivity contribution is 9.11. The number of carbonyl (C=O) groups is 1. The number of hydrogen-bond donors (Lipinski definition) is 1. The van der Waals surface area contributed by atoms with Crippen LogP contribution in [0.15, 0.2) is 11.1 Å². The Labute approximate surface area is 117 Å². The molecule has 1 amide bonds. The lowest BCUT2D eigenvalue weighted by atomic mass is 10.2. The lowest BCUT2D eigenvalue weighted by Gasteiger charge is -2.23. The third-order valence-corrected chi connectivity index (χ3v) is 5.14. The first kappa shape index (κ1) is 15.7. The molecular weight excluding hydrogens is 320 g/mol. The van der Waals surface area contributed by atoms with Crippen LogP contribution in [0.3, 0.4) is 0 Å². The fraction of sp³-hybridized carbons (Fsp3) is 0.727. The van der Waals surface area contributed by atoms with Crippen molar-refractivity contribution in [3.8, 4) is 0 Å². The zero-order chi connectivity index (χ0) is 13.8. The highest BCUT2D eigenvalue weighted by Gasteiger charge is 2.37. The first-order valence-electron chi connectivity index (χ1n) is 5.99. The molecule has 1 atom stereocenters. The number of amides is 1. The molecule has 1 unspecified atom stereocenters. The van der Waals surface area contributed by atoms with Gasteiger partial charge < -0.3 is 5.32 Å². The minimum atomic E-state index is -3.30. The zero-order valence-corrected chi connectivity index (χ0v) is 12.9. The van der Waals surface area contributed by atoms with Crippen molar-refractivity contribution in [2.45, 2.75) is 32.2 Å². The van der Waals surface area contributed by atoms with E-state index in [-0.39, 0.29) is 11.7 Å². The van der Waals surface area contributed by atoms with E-state index in [1.165, 1.54) is 4.31 Å². The van der Waals surface area contributed by atoms with E-state index in [9.17, 15) is 13.2 Å². The van der Waals surface area contributed by atoms with E-state index in [0.29, 0.717) is 30.4 Å². The number of sulfonamides is 1. The molecule has 1 fully saturated rings. The van der Waals surface area contributed by atoms with Gasteiger partial charge in [-0.15, -0.1) is 0 Å². The molecule has 18 heavy (non-hydrogen) atoms. The average Bonchev–Trinajstić information content (AvgIpc) is 2.75. The Bertz CT molecular complexity index is 422. The highest BCUT2D eigenvalue weighted by atomic mass is 79.9. The molecular formula is C11H19BrN2O3S. The van der Waals surface area contributed by atoms with Crippen molar-refractivity contribution in [2.24, 2.45) is 0 Å². The molecule has 0 spiro atoms. The van der Waals surface area contributed by atoms with Crippen LogP contribution in [0, 0.1) is 0 Å². The maximum absolute atomic E-state index is 12.0. The number of rotatable bonds is 6. The molecule has 1 rings (SSSR count). The Morgan fingerprint density at radius 1 is 1.56 bits per heavy atom. The molecule has 104 valence electrons. The van der Waals surface area contributed by atoms with Crippen molar-refractivity contribution in [2.75, 3.05) is 18.8 Å². The van der Waals surface area contributed by atoms with Crippen molar-refractivity contribution >= 4 is 31.9 Å². The van der Waals surface area contributed by atoms with Gasteiger partial charge in [0.2, 0.25) is 15.9 Å². The summed E-state index contributed by atoms with van der Waals surface area (Å²) in [6.45, 7) is 6.19. The third-order valence-electron chi connectivity index (χ3n) is 2.78. The summed E-state index contributed by atoms with van der Waals surface area (Å²) < 4.78 is 26.0. The molecule has 0 radical (unpaired) electrons. The first-order valence-corrected chi connectivity index (χ1v) is 8.39. The van der Waals surface area contributed by atoms with Crippen LogP contribution >= 0.6 is 15.9 Å². The van der Waals surface area contributed by atoms with Gasteiger partial charge in [-0.05, 0) is 19.3 Å². The molecule has 0 saturated carbocycles. The highest BCUT2D eigenvalue weighted by Crippen LogP contribution is 2.22. The quantitative estimate of drug-likeness (QED) is 0.791. The summed E-state index contributed by atoms with van der Waals surface area (Å²) in [7, 11) is -3.30. The predicted octanol–water partition coefficient (Wildman–Crippen LogP) is 1.22. The maximum atomic E-state index is 12.0. The largest absolute Gasteiger partial charge is 0.350 e. The molecule has 1 saturated heterocycles. The first-order chi connectivity index (χ1) is 8.38. The van der Waals surface area contributed by atoms with Crippen LogP contribution in [0.4, 0.5) is 0 Å². The molecule has 1 N–H and O–H groups in total. The molecule has 1 aliphatic heterocycles. The van der Waals surface area contributed by atoms with Crippen LogP contribution in [-0.2, 0) is 14.8 Å². The van der Waals surface area contributed by atoms with Gasteiger partial charge in [0.25, 0.3) is 0 Å². The summed E-state index contributed by atoms with van der Waals surface area (Å²) in [6.07, 6.45) is 1.88. The van der Waals surface area contributed by atoms with Crippen LogP contribution in [-0.4, -0.2) is 43.5 Å². The summed E-state index contributed by atoms with van der Waals surface area (Å²) in [5, 5.41) is 2.68. The molecule has 1 aliphatic rings. The van der Waals surface area contributed by atoms with E-state index in [1.54, 1.807) is 0 Å². The van der Waals surface area contributed by atoms with Gasteiger partial charge in [-0.25, -0.2) is 8.42 Å². The normalized spacial score (nSPS) is 20.9. The van der Waals surface area contributed by atoms with Crippen molar-refractivity contribution in [3.05, 3.63) is 11.1 Å². The number of halogens is 1. The van der Waals surface area contributed by atoms with Crippen LogP contribution in [0.25, 0.3) is 0 Å². The Balaban J connectivity index is 2.70. The summed E-state index contributed by atoms with van der Waals surface area (Å²) in [4.78, 5) is 11.9. The van der Waals surface area contributed by atoms with Gasteiger partial charge in [-0.3, -0.25) is 4.79 Å². The Morgan fingerprint density at radius 2 is 2.22 bits per heavy atom. The van der Waals surface area contributed by atoms with Gasteiger partial charge in [0.1, 0.15) is 6.04 Å². The fourth-order valence-electron chi connectivity index (χ4n) is 2.01. The number of hydrogen-bond acceptors (Lipinski definition) is 3. The van der Waals surface area contributed by atoms with Gasteiger partial charge in [-0.2, -0.15) is 4.31 Å². The average molecular weight is 339 g/mol. The summed E-state index contributed by atoms with van der Waals surface area (Å²) >= 11 is 3.15. The minimum absolute atomic E-state index is 0.0991. The van der Waals surface area contributed by atoms with Crippen LogP contribution in [0.1, 0.15) is 26.2 Å². The van der Waals surface area contributed by atoms with E-state index in [4.69, 9.17) is 0 Å². The van der Waals surface area contributed by atoms with Gasteiger partial charge in [-0.1, -0.05) is 29.4 Å². The lowest BCUT2D eigenvalue weighted by Crippen LogP contribution is -2.46. The van der Waals surface area contributed by atoms with Crippen LogP contribution in [0.2, 0.25) is 0 Å². The van der Waals surface area contributed by atoms with E-state index in [2.05, 4.69) is 27.8 Å². The van der Waals surface area contributed by atoms with Crippen molar-refractivity contribution in [3.63, 3.8) is 0 Å². The molecule has 1 heterocycles. The Morgan fingerprint density at radius 3 is 2.78 bits per heavy atom. The molecule has 0 aromatic heterocycles. The second kappa shape index (κ2) is 6.68. The van der Waals surface area contributed by atoms with E-state index in [0.717, 1.165) is 6.42 Å². The van der Waals surface area contributed by atoms with Gasteiger partial charge in [0.15, 0.2) is 0 Å². The van der Waals surface area contributed by atoms with Gasteiger partial charge >= 0.3 is 0 Å². The van der Waals surface area contributed by atoms with E-state index in [1.807, 2.05) is 6.92 Å². The van der Waals surface area contributed by atoms with E-state index >= 15 is 0 Å². The molecule has 7 heteroatoms. The van der Waals surface area contributed by atoms with Crippen molar-refractivity contribution in [1.82, 2.24) is 9.62 Å². The summed E-state index contributed by atoms with van der Waals surface area (Å²) in [5.74, 6) is -0.144. The van der Waals surface area contributed by atoms with Crippen molar-refractivity contribution < 1.29 is 13.2 Å². The van der Waals surface area contributed by atoms with Crippen LogP contribution in [0.5, 0.6) is 0 Å². The van der Waals surface area contributed by atoms with E-state index < -0.39 is 16.1 Å². The number of nitrogens with zero attached hydrogens (tertiary/aromatic N) is 1. The second-order valence-electron chi connectivity index (χ2n) is 4.32. The smallest absolute Gasteiger partial charge is 0.238 e. The topological polar surface area (TPSA) is 66.5 Å². The number of nitrogens with one attached hydrogen (secondary N) is 1. The minimum Gasteiger partial charge on any atom is -0.350 e. The summed E-state index contributed by atoms with van der Waals surface area (Å²) in [6, 6.07) is -0.562. The fourth-order valence-corrected chi connectivity index (χ4v) is 3.90. The predicted molar refractivity (Wildman–Crippen MR) is 74.9 cm³/mol. The SMILES string of the molecule is C=C(Br)CNC(=O)C1CCCN1S(=O)(=O)CCC. The van der Waals surface area contributed by atoms with Gasteiger partial charge in [0.05, 0.1) is 5.75 Å². The number of carbonyl (C=O) groups excluding carboxylic acids is 1. The molecule has 0 aromatic rings. The Hall–Kier alpha value is -0.400. The Kier molecular flexibility index (Phi) is 5.81. The van der Waals surface area contributed by atoms with Crippen LogP contribution < -0.4 is 5.32 Å². The zero-order valence-electron chi connectivity index (χ0n) is 10.5. The standard InChI is InChI=1S/C11H19BrN2O3S/c1-3-7-18(16,17)14-6-4-5-10(14)11(15)13-8-9(2)12/h10H,2-8H2,1H3,(H,13,15). The molecule has 0 aromatic carbocycles. The lowest BCUT2D eigenvalue weighted by molar-refractivity contribution is -0.123. The van der Waals surface area contributed by atoms with Crippen molar-refractivity contribution in [1.29, 1.82) is 0 Å². The monoisotopic (exact) mass is 338 g/mol. The molecule has 0 aliphatic carbocycles. The second-order valence-corrected chi connectivity index (χ2v) is 7.48. The summed E-state index contributed by atoms with van der Waals surface area (Å²) in [5.41, 5.74) is 0. The maximum Gasteiger partial charge on any atom is 0.238 e. The molecule has 5 nitrogen and oxygen atoms in total.